The molecule has 0 bridgehead atoms. The molecular weight excluding hydrogens is 370 g/mol. The van der Waals surface area contributed by atoms with Crippen molar-refractivity contribution in [1.29, 1.82) is 0 Å². The highest BCUT2D eigenvalue weighted by Crippen LogP contribution is 2.32. The van der Waals surface area contributed by atoms with Gasteiger partial charge in [0.25, 0.3) is 5.91 Å². The minimum atomic E-state index is -0.664. The van der Waals surface area contributed by atoms with E-state index in [4.69, 9.17) is 10.5 Å². The molecule has 140 valence electrons. The molecule has 3 N–H and O–H groups in total. The molecule has 0 spiro atoms. The quantitative estimate of drug-likeness (QED) is 0.669. The Labute approximate surface area is 161 Å². The largest absolute Gasteiger partial charge is 0.481 e. The third-order valence-electron chi connectivity index (χ3n) is 3.54. The summed E-state index contributed by atoms with van der Waals surface area (Å²) in [6.45, 7) is 7.73. The number of amides is 2. The molecule has 0 aliphatic rings. The number of hydrogen-bond donors (Lipinski definition) is 2. The van der Waals surface area contributed by atoms with E-state index in [1.807, 2.05) is 31.2 Å². The minimum Gasteiger partial charge on any atom is -0.481 e. The van der Waals surface area contributed by atoms with Crippen LogP contribution in [0.4, 0.5) is 5.13 Å². The van der Waals surface area contributed by atoms with E-state index in [2.05, 4.69) is 24.1 Å². The summed E-state index contributed by atoms with van der Waals surface area (Å²) in [5, 5.41) is 3.24. The lowest BCUT2D eigenvalue weighted by atomic mass is 10.0. The van der Waals surface area contributed by atoms with Crippen molar-refractivity contribution >= 4 is 40.0 Å². The highest BCUT2D eigenvalue weighted by molar-refractivity contribution is 8.01. The summed E-state index contributed by atoms with van der Waals surface area (Å²) in [4.78, 5) is 27.6. The minimum absolute atomic E-state index is 0.183. The van der Waals surface area contributed by atoms with Gasteiger partial charge in [0.05, 0.1) is 15.7 Å². The number of benzene rings is 1. The van der Waals surface area contributed by atoms with Gasteiger partial charge in [0.15, 0.2) is 11.2 Å². The monoisotopic (exact) mass is 393 g/mol. The molecule has 2 aromatic rings. The maximum absolute atomic E-state index is 12.4. The molecular formula is C18H23N3O3S2. The van der Waals surface area contributed by atoms with Crippen molar-refractivity contribution < 1.29 is 14.3 Å². The number of aromatic nitrogens is 1. The number of nitrogens with zero attached hydrogens (tertiary/aromatic N) is 1. The van der Waals surface area contributed by atoms with E-state index in [0.29, 0.717) is 16.8 Å². The molecule has 6 nitrogen and oxygen atoms in total. The van der Waals surface area contributed by atoms with Gasteiger partial charge in [0.2, 0.25) is 5.91 Å². The number of carbonyl (C=O) groups is 2. The first-order valence-electron chi connectivity index (χ1n) is 8.22. The fourth-order valence-electron chi connectivity index (χ4n) is 2.12. The molecule has 1 aromatic carbocycles. The third-order valence-corrected chi connectivity index (χ3v) is 5.99. The van der Waals surface area contributed by atoms with Crippen LogP contribution in [0.5, 0.6) is 5.75 Å². The molecule has 1 atom stereocenters. The number of aryl methyl sites for hydroxylation is 1. The van der Waals surface area contributed by atoms with E-state index in [-0.39, 0.29) is 17.6 Å². The standard InChI is InChI=1S/C18H23N3O3S2/c1-10(2)13-6-5-7-14(8-13)24-12(4)16(23)21-18-20-11(3)17(26-18)25-9-15(19)22/h5-8,10,12H,9H2,1-4H3,(H2,19,22)(H,20,21,23). The maximum Gasteiger partial charge on any atom is 0.266 e. The lowest BCUT2D eigenvalue weighted by Crippen LogP contribution is -2.30. The van der Waals surface area contributed by atoms with Crippen molar-refractivity contribution in [3.63, 3.8) is 0 Å². The Morgan fingerprint density at radius 2 is 2.08 bits per heavy atom. The molecule has 1 aromatic heterocycles. The van der Waals surface area contributed by atoms with Gasteiger partial charge in [0.1, 0.15) is 5.75 Å². The van der Waals surface area contributed by atoms with Crippen LogP contribution in [0, 0.1) is 6.92 Å². The van der Waals surface area contributed by atoms with Crippen LogP contribution in [0.1, 0.15) is 37.9 Å². The van der Waals surface area contributed by atoms with Crippen LogP contribution in [0.15, 0.2) is 28.5 Å². The molecule has 0 aliphatic carbocycles. The summed E-state index contributed by atoms with van der Waals surface area (Å²) in [6, 6.07) is 7.73. The SMILES string of the molecule is Cc1nc(NC(=O)C(C)Oc2cccc(C(C)C)c2)sc1SCC(N)=O. The van der Waals surface area contributed by atoms with Crippen LogP contribution in [-0.2, 0) is 9.59 Å². The predicted molar refractivity (Wildman–Crippen MR) is 106 cm³/mol. The maximum atomic E-state index is 12.4. The number of primary amides is 1. The van der Waals surface area contributed by atoms with Gasteiger partial charge in [-0.25, -0.2) is 4.98 Å². The van der Waals surface area contributed by atoms with Crippen LogP contribution < -0.4 is 15.8 Å². The normalized spacial score (nSPS) is 12.0. The fourth-order valence-corrected chi connectivity index (χ4v) is 4.00. The average Bonchev–Trinajstić information content (AvgIpc) is 2.92. The molecule has 1 heterocycles. The molecule has 1 unspecified atom stereocenters. The number of carbonyl (C=O) groups excluding carboxylic acids is 2. The van der Waals surface area contributed by atoms with Gasteiger partial charge in [-0.15, -0.1) is 11.8 Å². The molecule has 2 amide bonds. The number of thioether (sulfide) groups is 1. The number of anilines is 1. The summed E-state index contributed by atoms with van der Waals surface area (Å²) in [5.74, 6) is 0.561. The van der Waals surface area contributed by atoms with Crippen molar-refractivity contribution in [3.05, 3.63) is 35.5 Å². The van der Waals surface area contributed by atoms with Crippen LogP contribution in [0.3, 0.4) is 0 Å². The number of nitrogens with two attached hydrogens (primary N) is 1. The number of rotatable bonds is 8. The van der Waals surface area contributed by atoms with E-state index in [9.17, 15) is 9.59 Å². The molecule has 26 heavy (non-hydrogen) atoms. The summed E-state index contributed by atoms with van der Waals surface area (Å²) in [5.41, 5.74) is 7.07. The van der Waals surface area contributed by atoms with Crippen molar-refractivity contribution in [1.82, 2.24) is 4.98 Å². The van der Waals surface area contributed by atoms with Crippen LogP contribution >= 0.6 is 23.1 Å². The number of hydrogen-bond acceptors (Lipinski definition) is 6. The van der Waals surface area contributed by atoms with Gasteiger partial charge in [-0.1, -0.05) is 37.3 Å². The smallest absolute Gasteiger partial charge is 0.266 e. The first-order valence-corrected chi connectivity index (χ1v) is 10.0. The second-order valence-electron chi connectivity index (χ2n) is 6.12. The molecule has 0 aliphatic heterocycles. The Morgan fingerprint density at radius 3 is 2.73 bits per heavy atom. The lowest BCUT2D eigenvalue weighted by molar-refractivity contribution is -0.122. The molecule has 2 rings (SSSR count). The number of nitrogens with one attached hydrogen (secondary N) is 1. The van der Waals surface area contributed by atoms with Gasteiger partial charge in [0, 0.05) is 0 Å². The topological polar surface area (TPSA) is 94.3 Å². The fraction of sp³-hybridized carbons (Fsp3) is 0.389. The Hall–Kier alpha value is -2.06. The highest BCUT2D eigenvalue weighted by atomic mass is 32.2. The summed E-state index contributed by atoms with van der Waals surface area (Å²) in [6.07, 6.45) is -0.664. The lowest BCUT2D eigenvalue weighted by Gasteiger charge is -2.15. The molecule has 0 radical (unpaired) electrons. The van der Waals surface area contributed by atoms with Gasteiger partial charge < -0.3 is 10.5 Å². The summed E-state index contributed by atoms with van der Waals surface area (Å²) >= 11 is 2.63. The van der Waals surface area contributed by atoms with Gasteiger partial charge in [-0.05, 0) is 37.5 Å². The van der Waals surface area contributed by atoms with Crippen molar-refractivity contribution in [3.8, 4) is 5.75 Å². The van der Waals surface area contributed by atoms with Gasteiger partial charge in [-0.2, -0.15) is 0 Å². The molecule has 0 fully saturated rings. The summed E-state index contributed by atoms with van der Waals surface area (Å²) < 4.78 is 6.61. The Morgan fingerprint density at radius 1 is 1.35 bits per heavy atom. The zero-order chi connectivity index (χ0) is 19.3. The Bertz CT molecular complexity index is 790. The number of ether oxygens (including phenoxy) is 1. The van der Waals surface area contributed by atoms with Crippen LogP contribution in [0.25, 0.3) is 0 Å². The first kappa shape index (κ1) is 20.3. The summed E-state index contributed by atoms with van der Waals surface area (Å²) in [7, 11) is 0. The van der Waals surface area contributed by atoms with Crippen LogP contribution in [0.2, 0.25) is 0 Å². The van der Waals surface area contributed by atoms with E-state index < -0.39 is 6.10 Å². The number of thiazole rings is 1. The van der Waals surface area contributed by atoms with E-state index in [0.717, 1.165) is 15.5 Å². The Kier molecular flexibility index (Phi) is 7.05. The van der Waals surface area contributed by atoms with Gasteiger partial charge >= 0.3 is 0 Å². The third kappa shape index (κ3) is 5.74. The van der Waals surface area contributed by atoms with Gasteiger partial charge in [-0.3, -0.25) is 14.9 Å². The molecule has 0 saturated heterocycles. The van der Waals surface area contributed by atoms with E-state index >= 15 is 0 Å². The van der Waals surface area contributed by atoms with Crippen LogP contribution in [-0.4, -0.2) is 28.7 Å². The second-order valence-corrected chi connectivity index (χ2v) is 8.37. The predicted octanol–water partition coefficient (Wildman–Crippen LogP) is 3.56. The first-order chi connectivity index (χ1) is 12.3. The zero-order valence-electron chi connectivity index (χ0n) is 15.2. The van der Waals surface area contributed by atoms with Crippen molar-refractivity contribution in [2.75, 3.05) is 11.1 Å². The average molecular weight is 394 g/mol. The Balaban J connectivity index is 1.97. The second kappa shape index (κ2) is 9.05. The van der Waals surface area contributed by atoms with Crippen molar-refractivity contribution in [2.45, 2.75) is 43.9 Å². The van der Waals surface area contributed by atoms with E-state index in [1.54, 1.807) is 6.92 Å². The highest BCUT2D eigenvalue weighted by Gasteiger charge is 2.18. The van der Waals surface area contributed by atoms with Crippen molar-refractivity contribution in [2.24, 2.45) is 5.73 Å². The zero-order valence-corrected chi connectivity index (χ0v) is 16.9. The van der Waals surface area contributed by atoms with E-state index in [1.165, 1.54) is 23.1 Å². The molecule has 0 saturated carbocycles. The molecule has 8 heteroatoms.